The summed E-state index contributed by atoms with van der Waals surface area (Å²) in [7, 11) is 0. The molecule has 108 valence electrons. The lowest BCUT2D eigenvalue weighted by Crippen LogP contribution is -2.17. The number of halogens is 4. The Labute approximate surface area is 116 Å². The maximum atomic E-state index is 12.1. The van der Waals surface area contributed by atoms with Gasteiger partial charge in [-0.1, -0.05) is 11.2 Å². The first kappa shape index (κ1) is 14.4. The van der Waals surface area contributed by atoms with E-state index in [9.17, 15) is 13.2 Å². The second kappa shape index (κ2) is 5.58. The van der Waals surface area contributed by atoms with E-state index in [0.29, 0.717) is 5.69 Å². The zero-order valence-corrected chi connectivity index (χ0v) is 10.9. The van der Waals surface area contributed by atoms with Gasteiger partial charge in [-0.15, -0.1) is 29.9 Å². The largest absolute Gasteiger partial charge is 0.573 e. The second-order valence-corrected chi connectivity index (χ2v) is 4.42. The molecule has 9 heteroatoms. The standard InChI is InChI=1S/C11H9ClF3N3O2/c1-6(12)9-17-18-10(19-9)16-7-3-2-4-8(5-7)20-11(13,14)15/h2-6H,1H3,(H,16,18). The number of hydrogen-bond acceptors (Lipinski definition) is 5. The van der Waals surface area contributed by atoms with Crippen LogP contribution in [0.4, 0.5) is 24.9 Å². The van der Waals surface area contributed by atoms with E-state index >= 15 is 0 Å². The van der Waals surface area contributed by atoms with Gasteiger partial charge < -0.3 is 14.5 Å². The Hall–Kier alpha value is -1.96. The van der Waals surface area contributed by atoms with E-state index < -0.39 is 11.7 Å². The van der Waals surface area contributed by atoms with Crippen molar-refractivity contribution in [2.24, 2.45) is 0 Å². The summed E-state index contributed by atoms with van der Waals surface area (Å²) in [6.45, 7) is 1.65. The minimum Gasteiger partial charge on any atom is -0.406 e. The van der Waals surface area contributed by atoms with Crippen LogP contribution in [-0.4, -0.2) is 16.6 Å². The SMILES string of the molecule is CC(Cl)c1nnc(Nc2cccc(OC(F)(F)F)c2)o1. The molecule has 5 nitrogen and oxygen atoms in total. The van der Waals surface area contributed by atoms with Crippen molar-refractivity contribution in [2.75, 3.05) is 5.32 Å². The number of anilines is 2. The zero-order valence-electron chi connectivity index (χ0n) is 10.1. The smallest absolute Gasteiger partial charge is 0.406 e. The molecule has 0 saturated carbocycles. The van der Waals surface area contributed by atoms with Gasteiger partial charge in [0.05, 0.1) is 0 Å². The van der Waals surface area contributed by atoms with Crippen LogP contribution in [0.25, 0.3) is 0 Å². The molecule has 0 spiro atoms. The molecule has 1 heterocycles. The molecule has 1 atom stereocenters. The molecular formula is C11H9ClF3N3O2. The summed E-state index contributed by atoms with van der Waals surface area (Å²) in [6.07, 6.45) is -4.75. The third-order valence-corrected chi connectivity index (χ3v) is 2.29. The van der Waals surface area contributed by atoms with E-state index in [4.69, 9.17) is 16.0 Å². The van der Waals surface area contributed by atoms with E-state index in [0.717, 1.165) is 6.07 Å². The number of rotatable bonds is 4. The van der Waals surface area contributed by atoms with Crippen molar-refractivity contribution in [2.45, 2.75) is 18.7 Å². The molecule has 2 aromatic rings. The number of ether oxygens (including phenoxy) is 1. The highest BCUT2D eigenvalue weighted by Crippen LogP contribution is 2.27. The monoisotopic (exact) mass is 307 g/mol. The van der Waals surface area contributed by atoms with Gasteiger partial charge in [-0.2, -0.15) is 0 Å². The van der Waals surface area contributed by atoms with Gasteiger partial charge in [0, 0.05) is 11.8 Å². The number of hydrogen-bond donors (Lipinski definition) is 1. The van der Waals surface area contributed by atoms with Gasteiger partial charge in [0.15, 0.2) is 0 Å². The lowest BCUT2D eigenvalue weighted by atomic mass is 10.3. The molecule has 1 aromatic heterocycles. The summed E-state index contributed by atoms with van der Waals surface area (Å²) in [4.78, 5) is 0. The number of aromatic nitrogens is 2. The molecule has 0 bridgehead atoms. The van der Waals surface area contributed by atoms with Gasteiger partial charge in [0.1, 0.15) is 11.1 Å². The van der Waals surface area contributed by atoms with Crippen molar-refractivity contribution >= 4 is 23.3 Å². The van der Waals surface area contributed by atoms with Gasteiger partial charge in [0.25, 0.3) is 0 Å². The minimum atomic E-state index is -4.75. The van der Waals surface area contributed by atoms with E-state index in [1.165, 1.54) is 18.2 Å². The van der Waals surface area contributed by atoms with Crippen LogP contribution in [0.5, 0.6) is 5.75 Å². The fourth-order valence-corrected chi connectivity index (χ4v) is 1.43. The highest BCUT2D eigenvalue weighted by Gasteiger charge is 2.31. The van der Waals surface area contributed by atoms with Crippen LogP contribution in [0, 0.1) is 0 Å². The number of nitrogens with zero attached hydrogens (tertiary/aromatic N) is 2. The maximum Gasteiger partial charge on any atom is 0.573 e. The van der Waals surface area contributed by atoms with Crippen molar-refractivity contribution in [3.05, 3.63) is 30.2 Å². The fourth-order valence-electron chi connectivity index (χ4n) is 1.34. The van der Waals surface area contributed by atoms with E-state index in [1.807, 2.05) is 0 Å². The second-order valence-electron chi connectivity index (χ2n) is 3.76. The molecule has 0 fully saturated rings. The Bertz CT molecular complexity index is 586. The van der Waals surface area contributed by atoms with E-state index in [-0.39, 0.29) is 17.7 Å². The molecule has 0 radical (unpaired) electrons. The summed E-state index contributed by atoms with van der Waals surface area (Å²) in [5, 5.41) is 9.53. The molecule has 1 aromatic carbocycles. The van der Waals surface area contributed by atoms with Gasteiger partial charge in [-0.05, 0) is 19.1 Å². The summed E-state index contributed by atoms with van der Waals surface area (Å²) in [5.41, 5.74) is 0.309. The third-order valence-electron chi connectivity index (χ3n) is 2.10. The zero-order chi connectivity index (χ0) is 14.8. The molecule has 1 unspecified atom stereocenters. The van der Waals surface area contributed by atoms with Crippen LogP contribution >= 0.6 is 11.6 Å². The molecule has 0 amide bonds. The number of nitrogens with one attached hydrogen (secondary N) is 1. The van der Waals surface area contributed by atoms with Crippen molar-refractivity contribution < 1.29 is 22.3 Å². The molecule has 1 N–H and O–H groups in total. The van der Waals surface area contributed by atoms with Gasteiger partial charge in [-0.25, -0.2) is 0 Å². The molecule has 0 aliphatic rings. The van der Waals surface area contributed by atoms with Gasteiger partial charge >= 0.3 is 12.4 Å². The molecular weight excluding hydrogens is 299 g/mol. The number of alkyl halides is 4. The number of benzene rings is 1. The molecule has 0 aliphatic heterocycles. The lowest BCUT2D eigenvalue weighted by Gasteiger charge is -2.09. The maximum absolute atomic E-state index is 12.1. The summed E-state index contributed by atoms with van der Waals surface area (Å²) >= 11 is 5.75. The predicted octanol–water partition coefficient (Wildman–Crippen LogP) is 4.01. The normalized spacial score (nSPS) is 13.1. The Balaban J connectivity index is 2.11. The quantitative estimate of drug-likeness (QED) is 0.865. The Morgan fingerprint density at radius 3 is 2.70 bits per heavy atom. The van der Waals surface area contributed by atoms with Crippen LogP contribution in [0.3, 0.4) is 0 Å². The van der Waals surface area contributed by atoms with Crippen LogP contribution in [0.1, 0.15) is 18.2 Å². The van der Waals surface area contributed by atoms with Gasteiger partial charge in [0.2, 0.25) is 5.89 Å². The van der Waals surface area contributed by atoms with Crippen molar-refractivity contribution in [3.63, 3.8) is 0 Å². The summed E-state index contributed by atoms with van der Waals surface area (Å²) in [5.74, 6) is -0.148. The lowest BCUT2D eigenvalue weighted by molar-refractivity contribution is -0.274. The summed E-state index contributed by atoms with van der Waals surface area (Å²) in [6, 6.07) is 5.28. The highest BCUT2D eigenvalue weighted by molar-refractivity contribution is 6.20. The Morgan fingerprint density at radius 1 is 1.35 bits per heavy atom. The first-order valence-electron chi connectivity index (χ1n) is 5.44. The average molecular weight is 308 g/mol. The molecule has 20 heavy (non-hydrogen) atoms. The first-order valence-corrected chi connectivity index (χ1v) is 5.87. The third kappa shape index (κ3) is 4.02. The van der Waals surface area contributed by atoms with Crippen LogP contribution in [-0.2, 0) is 0 Å². The Morgan fingerprint density at radius 2 is 2.10 bits per heavy atom. The molecule has 0 aliphatic carbocycles. The predicted molar refractivity (Wildman–Crippen MR) is 65.0 cm³/mol. The Kier molecular flexibility index (Phi) is 4.03. The van der Waals surface area contributed by atoms with Crippen LogP contribution < -0.4 is 10.1 Å². The van der Waals surface area contributed by atoms with Crippen LogP contribution in [0.15, 0.2) is 28.7 Å². The van der Waals surface area contributed by atoms with Gasteiger partial charge in [-0.3, -0.25) is 0 Å². The highest BCUT2D eigenvalue weighted by atomic mass is 35.5. The van der Waals surface area contributed by atoms with Crippen molar-refractivity contribution in [3.8, 4) is 5.75 Å². The van der Waals surface area contributed by atoms with Crippen molar-refractivity contribution in [1.29, 1.82) is 0 Å². The fraction of sp³-hybridized carbons (Fsp3) is 0.273. The minimum absolute atomic E-state index is 0.0247. The average Bonchev–Trinajstić information content (AvgIpc) is 2.75. The first-order chi connectivity index (χ1) is 9.33. The molecule has 2 rings (SSSR count). The topological polar surface area (TPSA) is 60.2 Å². The van der Waals surface area contributed by atoms with E-state index in [2.05, 4.69) is 20.3 Å². The van der Waals surface area contributed by atoms with E-state index in [1.54, 1.807) is 6.92 Å². The molecule has 0 saturated heterocycles. The van der Waals surface area contributed by atoms with Crippen molar-refractivity contribution in [1.82, 2.24) is 10.2 Å². The summed E-state index contributed by atoms with van der Waals surface area (Å²) < 4.78 is 45.2. The van der Waals surface area contributed by atoms with Crippen LogP contribution in [0.2, 0.25) is 0 Å².